The highest BCUT2D eigenvalue weighted by atomic mass is 16.1. The van der Waals surface area contributed by atoms with Crippen LogP contribution in [-0.4, -0.2) is 13.3 Å². The molecule has 0 saturated heterocycles. The minimum Gasteiger partial charge on any atom is -0.316 e. The third-order valence-electron chi connectivity index (χ3n) is 1.79. The Morgan fingerprint density at radius 2 is 2.00 bits per heavy atom. The summed E-state index contributed by atoms with van der Waals surface area (Å²) in [4.78, 5) is 10.3. The fraction of sp³-hybridized carbons (Fsp3) is 0.300. The number of carbonyl (C=O) groups excluding carboxylic acids is 1. The fourth-order valence-electron chi connectivity index (χ4n) is 1.21. The maximum atomic E-state index is 10.3. The van der Waals surface area contributed by atoms with E-state index < -0.39 is 0 Å². The van der Waals surface area contributed by atoms with Crippen LogP contribution in [0.4, 0.5) is 0 Å². The summed E-state index contributed by atoms with van der Waals surface area (Å²) in [7, 11) is 1.90. The Kier molecular flexibility index (Phi) is 3.48. The molecule has 0 aliphatic carbocycles. The zero-order valence-electron chi connectivity index (χ0n) is 7.21. The van der Waals surface area contributed by atoms with Gasteiger partial charge in [-0.15, -0.1) is 0 Å². The van der Waals surface area contributed by atoms with E-state index in [4.69, 9.17) is 0 Å². The van der Waals surface area contributed by atoms with Crippen molar-refractivity contribution in [2.45, 2.75) is 13.0 Å². The van der Waals surface area contributed by atoms with Crippen LogP contribution in [0.5, 0.6) is 0 Å². The molecule has 0 atom stereocenters. The lowest BCUT2D eigenvalue weighted by atomic mass is 10.1. The van der Waals surface area contributed by atoms with Gasteiger partial charge in [0.25, 0.3) is 0 Å². The third kappa shape index (κ3) is 2.17. The number of rotatable bonds is 4. The number of aldehydes is 1. The van der Waals surface area contributed by atoms with Crippen molar-refractivity contribution in [3.8, 4) is 0 Å². The topological polar surface area (TPSA) is 29.1 Å². The van der Waals surface area contributed by atoms with Crippen molar-refractivity contribution in [2.24, 2.45) is 0 Å². The summed E-state index contributed by atoms with van der Waals surface area (Å²) in [5.74, 6) is 0. The molecule has 12 heavy (non-hydrogen) atoms. The van der Waals surface area contributed by atoms with Gasteiger partial charge in [0.15, 0.2) is 0 Å². The van der Waals surface area contributed by atoms with Crippen LogP contribution in [0.2, 0.25) is 0 Å². The van der Waals surface area contributed by atoms with Crippen LogP contribution in [0.15, 0.2) is 24.3 Å². The van der Waals surface area contributed by atoms with Gasteiger partial charge in [-0.25, -0.2) is 0 Å². The van der Waals surface area contributed by atoms with Crippen molar-refractivity contribution >= 4 is 6.29 Å². The first-order valence-electron chi connectivity index (χ1n) is 4.03. The van der Waals surface area contributed by atoms with Crippen LogP contribution in [0.3, 0.4) is 0 Å². The highest BCUT2D eigenvalue weighted by molar-refractivity contribution is 5.56. The molecule has 1 aromatic rings. The van der Waals surface area contributed by atoms with Gasteiger partial charge in [0.1, 0.15) is 6.29 Å². The van der Waals surface area contributed by atoms with Gasteiger partial charge in [0.05, 0.1) is 0 Å². The molecular formula is C10H13NO. The summed E-state index contributed by atoms with van der Waals surface area (Å²) in [6.07, 6.45) is 1.45. The molecule has 2 heteroatoms. The predicted molar refractivity (Wildman–Crippen MR) is 49.0 cm³/mol. The normalized spacial score (nSPS) is 9.75. The van der Waals surface area contributed by atoms with E-state index in [1.807, 2.05) is 31.3 Å². The third-order valence-corrected chi connectivity index (χ3v) is 1.79. The van der Waals surface area contributed by atoms with Crippen molar-refractivity contribution < 1.29 is 4.79 Å². The van der Waals surface area contributed by atoms with Crippen LogP contribution < -0.4 is 5.32 Å². The Balaban J connectivity index is 2.83. The summed E-state index contributed by atoms with van der Waals surface area (Å²) in [5, 5.41) is 3.07. The molecule has 1 rings (SSSR count). The summed E-state index contributed by atoms with van der Waals surface area (Å²) >= 11 is 0. The van der Waals surface area contributed by atoms with E-state index in [0.29, 0.717) is 6.42 Å². The molecule has 1 aromatic carbocycles. The van der Waals surface area contributed by atoms with E-state index >= 15 is 0 Å². The first kappa shape index (κ1) is 8.94. The standard InChI is InChI=1S/C10H13NO/c1-11-8-10-5-3-2-4-9(10)6-7-12/h2-5,7,11H,6,8H2,1H3. The Bertz CT molecular complexity index is 258. The minimum atomic E-state index is 0.512. The lowest BCUT2D eigenvalue weighted by Gasteiger charge is -2.04. The Morgan fingerprint density at radius 3 is 2.58 bits per heavy atom. The van der Waals surface area contributed by atoms with Crippen molar-refractivity contribution in [1.82, 2.24) is 5.32 Å². The largest absolute Gasteiger partial charge is 0.316 e. The second-order valence-electron chi connectivity index (χ2n) is 2.67. The molecule has 0 radical (unpaired) electrons. The van der Waals surface area contributed by atoms with E-state index in [0.717, 1.165) is 18.4 Å². The molecule has 0 fully saturated rings. The lowest BCUT2D eigenvalue weighted by molar-refractivity contribution is -0.107. The average molecular weight is 163 g/mol. The smallest absolute Gasteiger partial charge is 0.124 e. The molecule has 64 valence electrons. The Hall–Kier alpha value is -1.15. The Labute approximate surface area is 72.6 Å². The number of nitrogens with one attached hydrogen (secondary N) is 1. The summed E-state index contributed by atoms with van der Waals surface area (Å²) in [5.41, 5.74) is 2.31. The van der Waals surface area contributed by atoms with E-state index in [1.165, 1.54) is 5.56 Å². The minimum absolute atomic E-state index is 0.512. The number of hydrogen-bond donors (Lipinski definition) is 1. The number of benzene rings is 1. The molecule has 0 heterocycles. The molecule has 2 nitrogen and oxygen atoms in total. The Morgan fingerprint density at radius 1 is 1.33 bits per heavy atom. The summed E-state index contributed by atoms with van der Waals surface area (Å²) in [6.45, 7) is 0.823. The molecule has 0 aromatic heterocycles. The monoisotopic (exact) mass is 163 g/mol. The lowest BCUT2D eigenvalue weighted by Crippen LogP contribution is -2.07. The van der Waals surface area contributed by atoms with Crippen molar-refractivity contribution in [2.75, 3.05) is 7.05 Å². The van der Waals surface area contributed by atoms with Crippen molar-refractivity contribution in [3.05, 3.63) is 35.4 Å². The maximum absolute atomic E-state index is 10.3. The number of hydrogen-bond acceptors (Lipinski definition) is 2. The molecule has 1 N–H and O–H groups in total. The zero-order valence-corrected chi connectivity index (χ0v) is 7.21. The highest BCUT2D eigenvalue weighted by Crippen LogP contribution is 2.07. The van der Waals surface area contributed by atoms with Crippen LogP contribution in [-0.2, 0) is 17.8 Å². The predicted octanol–water partition coefficient (Wildman–Crippen LogP) is 1.15. The van der Waals surface area contributed by atoms with Gasteiger partial charge in [0, 0.05) is 13.0 Å². The molecule has 0 saturated carbocycles. The first-order valence-corrected chi connectivity index (χ1v) is 4.03. The van der Waals surface area contributed by atoms with Gasteiger partial charge in [-0.1, -0.05) is 24.3 Å². The van der Waals surface area contributed by atoms with E-state index in [-0.39, 0.29) is 0 Å². The summed E-state index contributed by atoms with van der Waals surface area (Å²) in [6, 6.07) is 7.97. The van der Waals surface area contributed by atoms with Crippen LogP contribution in [0.1, 0.15) is 11.1 Å². The van der Waals surface area contributed by atoms with Crippen LogP contribution >= 0.6 is 0 Å². The first-order chi connectivity index (χ1) is 5.88. The van der Waals surface area contributed by atoms with Gasteiger partial charge in [-0.05, 0) is 18.2 Å². The number of carbonyl (C=O) groups is 1. The highest BCUT2D eigenvalue weighted by Gasteiger charge is 1.98. The average Bonchev–Trinajstić information content (AvgIpc) is 2.09. The second kappa shape index (κ2) is 4.67. The molecule has 0 unspecified atom stereocenters. The van der Waals surface area contributed by atoms with Gasteiger partial charge in [0.2, 0.25) is 0 Å². The van der Waals surface area contributed by atoms with Crippen LogP contribution in [0.25, 0.3) is 0 Å². The molecular weight excluding hydrogens is 150 g/mol. The molecule has 0 aliphatic rings. The van der Waals surface area contributed by atoms with E-state index in [9.17, 15) is 4.79 Å². The molecule has 0 spiro atoms. The van der Waals surface area contributed by atoms with Gasteiger partial charge < -0.3 is 10.1 Å². The van der Waals surface area contributed by atoms with Gasteiger partial charge in [-0.3, -0.25) is 0 Å². The van der Waals surface area contributed by atoms with Crippen molar-refractivity contribution in [3.63, 3.8) is 0 Å². The summed E-state index contributed by atoms with van der Waals surface area (Å²) < 4.78 is 0. The molecule has 0 amide bonds. The van der Waals surface area contributed by atoms with Gasteiger partial charge in [-0.2, -0.15) is 0 Å². The second-order valence-corrected chi connectivity index (χ2v) is 2.67. The zero-order chi connectivity index (χ0) is 8.81. The SMILES string of the molecule is CNCc1ccccc1CC=O. The van der Waals surface area contributed by atoms with E-state index in [2.05, 4.69) is 5.32 Å². The van der Waals surface area contributed by atoms with Crippen LogP contribution in [0, 0.1) is 0 Å². The van der Waals surface area contributed by atoms with E-state index in [1.54, 1.807) is 0 Å². The quantitative estimate of drug-likeness (QED) is 0.674. The van der Waals surface area contributed by atoms with Gasteiger partial charge >= 0.3 is 0 Å². The molecule has 0 bridgehead atoms. The fourth-order valence-corrected chi connectivity index (χ4v) is 1.21. The maximum Gasteiger partial charge on any atom is 0.124 e. The molecule has 0 aliphatic heterocycles. The van der Waals surface area contributed by atoms with Crippen molar-refractivity contribution in [1.29, 1.82) is 0 Å².